The minimum absolute atomic E-state index is 0.178. The van der Waals surface area contributed by atoms with E-state index < -0.39 is 0 Å². The lowest BCUT2D eigenvalue weighted by Gasteiger charge is -2.08. The van der Waals surface area contributed by atoms with Gasteiger partial charge in [-0.05, 0) is 62.7 Å². The summed E-state index contributed by atoms with van der Waals surface area (Å²) in [6.07, 6.45) is 1.87. The van der Waals surface area contributed by atoms with Crippen LogP contribution in [0.1, 0.15) is 28.7 Å². The molecule has 0 aliphatic carbocycles. The molecule has 3 rings (SSSR count). The summed E-state index contributed by atoms with van der Waals surface area (Å²) >= 11 is 0. The van der Waals surface area contributed by atoms with Gasteiger partial charge in [0, 0.05) is 11.9 Å². The molecule has 118 valence electrons. The van der Waals surface area contributed by atoms with Crippen LogP contribution in [0.15, 0.2) is 42.6 Å². The Labute approximate surface area is 134 Å². The highest BCUT2D eigenvalue weighted by Gasteiger charge is 2.16. The quantitative estimate of drug-likeness (QED) is 0.801. The lowest BCUT2D eigenvalue weighted by molar-refractivity contribution is 0.102. The van der Waals surface area contributed by atoms with E-state index in [2.05, 4.69) is 10.3 Å². The summed E-state index contributed by atoms with van der Waals surface area (Å²) in [4.78, 5) is 17.1. The third kappa shape index (κ3) is 3.04. The van der Waals surface area contributed by atoms with Gasteiger partial charge < -0.3 is 10.1 Å². The second-order valence-electron chi connectivity index (χ2n) is 5.39. The summed E-state index contributed by atoms with van der Waals surface area (Å²) in [5.74, 6) is 0.606. The number of fused-ring (bicyclic) bond motifs is 1. The fourth-order valence-corrected chi connectivity index (χ4v) is 2.53. The van der Waals surface area contributed by atoms with E-state index in [0.29, 0.717) is 18.0 Å². The number of carbonyl (C=O) groups excluding carboxylic acids is 1. The highest BCUT2D eigenvalue weighted by atomic mass is 16.5. The number of hydrogen-bond acceptors (Lipinski definition) is 3. The number of imidazole rings is 1. The molecule has 0 radical (unpaired) electrons. The van der Waals surface area contributed by atoms with Crippen molar-refractivity contribution in [3.63, 3.8) is 0 Å². The van der Waals surface area contributed by atoms with Crippen molar-refractivity contribution < 1.29 is 9.53 Å². The second-order valence-corrected chi connectivity index (χ2v) is 5.39. The minimum Gasteiger partial charge on any atom is -0.494 e. The molecule has 0 fully saturated rings. The largest absolute Gasteiger partial charge is 0.494 e. The highest BCUT2D eigenvalue weighted by Crippen LogP contribution is 2.18. The molecule has 1 amide bonds. The van der Waals surface area contributed by atoms with Gasteiger partial charge in [0.05, 0.1) is 12.3 Å². The Morgan fingerprint density at radius 2 is 1.96 bits per heavy atom. The molecular weight excluding hydrogens is 290 g/mol. The van der Waals surface area contributed by atoms with E-state index in [1.165, 1.54) is 0 Å². The Morgan fingerprint density at radius 3 is 2.65 bits per heavy atom. The summed E-state index contributed by atoms with van der Waals surface area (Å²) in [6.45, 7) is 6.40. The van der Waals surface area contributed by atoms with Crippen molar-refractivity contribution in [1.82, 2.24) is 9.38 Å². The van der Waals surface area contributed by atoms with Crippen LogP contribution in [-0.4, -0.2) is 21.9 Å². The topological polar surface area (TPSA) is 55.6 Å². The van der Waals surface area contributed by atoms with Gasteiger partial charge in [-0.2, -0.15) is 0 Å². The van der Waals surface area contributed by atoms with Crippen LogP contribution in [0.2, 0.25) is 0 Å². The predicted octanol–water partition coefficient (Wildman–Crippen LogP) is 3.60. The molecule has 0 spiro atoms. The number of rotatable bonds is 4. The van der Waals surface area contributed by atoms with Crippen molar-refractivity contribution in [3.05, 3.63) is 59.5 Å². The maximum Gasteiger partial charge on any atom is 0.274 e. The van der Waals surface area contributed by atoms with E-state index in [1.54, 1.807) is 0 Å². The molecule has 0 aliphatic rings. The number of pyridine rings is 1. The zero-order chi connectivity index (χ0) is 16.4. The fraction of sp³-hybridized carbons (Fsp3) is 0.222. The van der Waals surface area contributed by atoms with Gasteiger partial charge in [0.2, 0.25) is 0 Å². The van der Waals surface area contributed by atoms with Crippen molar-refractivity contribution in [3.8, 4) is 5.75 Å². The molecule has 23 heavy (non-hydrogen) atoms. The number of benzene rings is 1. The molecule has 1 N–H and O–H groups in total. The van der Waals surface area contributed by atoms with E-state index in [4.69, 9.17) is 4.74 Å². The van der Waals surface area contributed by atoms with Crippen LogP contribution in [0.3, 0.4) is 0 Å². The Kier molecular flexibility index (Phi) is 4.02. The first-order valence-corrected chi connectivity index (χ1v) is 7.58. The molecule has 5 heteroatoms. The van der Waals surface area contributed by atoms with Gasteiger partial charge in [-0.25, -0.2) is 4.98 Å². The average Bonchev–Trinajstić information content (AvgIpc) is 2.84. The van der Waals surface area contributed by atoms with E-state index >= 15 is 0 Å². The smallest absolute Gasteiger partial charge is 0.274 e. The van der Waals surface area contributed by atoms with Crippen molar-refractivity contribution in [2.75, 3.05) is 11.9 Å². The monoisotopic (exact) mass is 309 g/mol. The number of carbonyl (C=O) groups is 1. The number of amides is 1. The van der Waals surface area contributed by atoms with Crippen molar-refractivity contribution in [1.29, 1.82) is 0 Å². The fourth-order valence-electron chi connectivity index (χ4n) is 2.53. The van der Waals surface area contributed by atoms with Crippen LogP contribution in [-0.2, 0) is 0 Å². The van der Waals surface area contributed by atoms with Gasteiger partial charge in [-0.15, -0.1) is 0 Å². The predicted molar refractivity (Wildman–Crippen MR) is 90.2 cm³/mol. The van der Waals surface area contributed by atoms with Crippen LogP contribution in [0.5, 0.6) is 5.75 Å². The number of aryl methyl sites for hydroxylation is 2. The van der Waals surface area contributed by atoms with Gasteiger partial charge in [-0.3, -0.25) is 9.20 Å². The Bertz CT molecular complexity index is 851. The third-order valence-electron chi connectivity index (χ3n) is 3.59. The number of ether oxygens (including phenoxy) is 1. The first kappa shape index (κ1) is 15.1. The number of nitrogens with one attached hydrogen (secondary N) is 1. The van der Waals surface area contributed by atoms with Crippen LogP contribution in [0.4, 0.5) is 5.69 Å². The first-order chi connectivity index (χ1) is 11.1. The summed E-state index contributed by atoms with van der Waals surface area (Å²) in [7, 11) is 0. The van der Waals surface area contributed by atoms with Crippen LogP contribution in [0.25, 0.3) is 5.65 Å². The standard InChI is InChI=1S/C18H19N3O2/c1-4-23-15-7-5-14(6-8-15)20-18(22)17-13(3)19-16-11-12(2)9-10-21(16)17/h5-11H,4H2,1-3H3,(H,20,22). The molecule has 2 aromatic heterocycles. The lowest BCUT2D eigenvalue weighted by Crippen LogP contribution is -2.15. The van der Waals surface area contributed by atoms with E-state index in [9.17, 15) is 4.79 Å². The minimum atomic E-state index is -0.178. The van der Waals surface area contributed by atoms with Gasteiger partial charge in [0.15, 0.2) is 0 Å². The zero-order valence-electron chi connectivity index (χ0n) is 13.5. The number of aromatic nitrogens is 2. The van der Waals surface area contributed by atoms with Crippen molar-refractivity contribution in [2.24, 2.45) is 0 Å². The van der Waals surface area contributed by atoms with Gasteiger partial charge >= 0.3 is 0 Å². The SMILES string of the molecule is CCOc1ccc(NC(=O)c2c(C)nc3cc(C)ccn23)cc1. The maximum atomic E-state index is 12.6. The zero-order valence-corrected chi connectivity index (χ0v) is 13.5. The van der Waals surface area contributed by atoms with Gasteiger partial charge in [0.1, 0.15) is 17.1 Å². The summed E-state index contributed by atoms with van der Waals surface area (Å²) in [5.41, 5.74) is 3.87. The summed E-state index contributed by atoms with van der Waals surface area (Å²) < 4.78 is 7.21. The summed E-state index contributed by atoms with van der Waals surface area (Å²) in [6, 6.07) is 11.2. The lowest BCUT2D eigenvalue weighted by atomic mass is 10.2. The van der Waals surface area contributed by atoms with E-state index in [1.807, 2.05) is 67.8 Å². The maximum absolute atomic E-state index is 12.6. The molecule has 3 aromatic rings. The normalized spacial score (nSPS) is 10.7. The molecular formula is C18H19N3O2. The Balaban J connectivity index is 1.87. The number of nitrogens with zero attached hydrogens (tertiary/aromatic N) is 2. The molecule has 0 atom stereocenters. The van der Waals surface area contributed by atoms with Gasteiger partial charge in [0.25, 0.3) is 5.91 Å². The van der Waals surface area contributed by atoms with Crippen LogP contribution in [0, 0.1) is 13.8 Å². The molecule has 0 bridgehead atoms. The molecule has 0 saturated carbocycles. The summed E-state index contributed by atoms with van der Waals surface area (Å²) in [5, 5.41) is 2.91. The molecule has 2 heterocycles. The Morgan fingerprint density at radius 1 is 1.22 bits per heavy atom. The number of anilines is 1. The molecule has 0 saturated heterocycles. The number of hydrogen-bond donors (Lipinski definition) is 1. The molecule has 5 nitrogen and oxygen atoms in total. The Hall–Kier alpha value is -2.82. The van der Waals surface area contributed by atoms with E-state index in [-0.39, 0.29) is 5.91 Å². The van der Waals surface area contributed by atoms with Gasteiger partial charge in [-0.1, -0.05) is 0 Å². The average molecular weight is 309 g/mol. The van der Waals surface area contributed by atoms with Crippen molar-refractivity contribution >= 4 is 17.2 Å². The first-order valence-electron chi connectivity index (χ1n) is 7.58. The second kappa shape index (κ2) is 6.12. The highest BCUT2D eigenvalue weighted by molar-refractivity contribution is 6.04. The van der Waals surface area contributed by atoms with Crippen LogP contribution < -0.4 is 10.1 Å². The van der Waals surface area contributed by atoms with Crippen LogP contribution >= 0.6 is 0 Å². The van der Waals surface area contributed by atoms with Crippen molar-refractivity contribution in [2.45, 2.75) is 20.8 Å². The molecule has 0 unspecified atom stereocenters. The molecule has 1 aromatic carbocycles. The van der Waals surface area contributed by atoms with E-state index in [0.717, 1.165) is 22.6 Å². The third-order valence-corrected chi connectivity index (χ3v) is 3.59. The molecule has 0 aliphatic heterocycles.